The number of hydrogen-bond acceptors (Lipinski definition) is 3. The smallest absolute Gasteiger partial charge is 0.260 e. The maximum atomic E-state index is 11.9. The number of aliphatic hydroxyl groups excluding tert-OH is 1. The minimum Gasteiger partial charge on any atom is -0.484 e. The Balaban J connectivity index is 1.79. The van der Waals surface area contributed by atoms with Gasteiger partial charge in [-0.1, -0.05) is 15.9 Å². The van der Waals surface area contributed by atoms with Crippen LogP contribution in [0, 0.1) is 0 Å². The molecule has 1 fully saturated rings. The van der Waals surface area contributed by atoms with Crippen molar-refractivity contribution in [3.8, 4) is 5.75 Å². The van der Waals surface area contributed by atoms with Gasteiger partial charge in [0.1, 0.15) is 5.75 Å². The van der Waals surface area contributed by atoms with Crippen molar-refractivity contribution in [1.29, 1.82) is 0 Å². The highest BCUT2D eigenvalue weighted by molar-refractivity contribution is 9.10. The van der Waals surface area contributed by atoms with Crippen molar-refractivity contribution in [3.63, 3.8) is 0 Å². The summed E-state index contributed by atoms with van der Waals surface area (Å²) in [6, 6.07) is 7.38. The molecule has 18 heavy (non-hydrogen) atoms. The van der Waals surface area contributed by atoms with Gasteiger partial charge in [-0.25, -0.2) is 0 Å². The van der Waals surface area contributed by atoms with Crippen LogP contribution in [0.4, 0.5) is 0 Å². The quantitative estimate of drug-likeness (QED) is 0.926. The Hall–Kier alpha value is -1.07. The monoisotopic (exact) mass is 313 g/mol. The third-order valence-electron chi connectivity index (χ3n) is 2.99. The summed E-state index contributed by atoms with van der Waals surface area (Å²) in [4.78, 5) is 13.6. The predicted molar refractivity (Wildman–Crippen MR) is 71.5 cm³/mol. The molecule has 4 nitrogen and oxygen atoms in total. The number of halogens is 1. The van der Waals surface area contributed by atoms with Crippen molar-refractivity contribution in [2.24, 2.45) is 0 Å². The third-order valence-corrected chi connectivity index (χ3v) is 3.52. The van der Waals surface area contributed by atoms with Crippen LogP contribution in [-0.4, -0.2) is 41.7 Å². The first kappa shape index (κ1) is 13.4. The molecule has 0 aromatic heterocycles. The van der Waals surface area contributed by atoms with Crippen LogP contribution in [0.1, 0.15) is 12.8 Å². The number of ether oxygens (including phenoxy) is 1. The first-order valence-corrected chi connectivity index (χ1v) is 6.78. The summed E-state index contributed by atoms with van der Waals surface area (Å²) < 4.78 is 6.41. The van der Waals surface area contributed by atoms with Crippen LogP contribution in [0.25, 0.3) is 0 Å². The highest BCUT2D eigenvalue weighted by Gasteiger charge is 2.21. The maximum Gasteiger partial charge on any atom is 0.260 e. The van der Waals surface area contributed by atoms with Gasteiger partial charge in [-0.15, -0.1) is 0 Å². The van der Waals surface area contributed by atoms with Crippen LogP contribution in [0.2, 0.25) is 0 Å². The average molecular weight is 314 g/mol. The van der Waals surface area contributed by atoms with E-state index in [9.17, 15) is 9.90 Å². The number of aliphatic hydroxyl groups is 1. The highest BCUT2D eigenvalue weighted by atomic mass is 79.9. The molecule has 0 aliphatic carbocycles. The summed E-state index contributed by atoms with van der Waals surface area (Å²) in [5.74, 6) is 0.661. The molecule has 1 N–H and O–H groups in total. The zero-order chi connectivity index (χ0) is 13.0. The molecular weight excluding hydrogens is 298 g/mol. The fourth-order valence-corrected chi connectivity index (χ4v) is 2.15. The van der Waals surface area contributed by atoms with Gasteiger partial charge in [-0.3, -0.25) is 4.79 Å². The number of hydrogen-bond donors (Lipinski definition) is 1. The van der Waals surface area contributed by atoms with E-state index in [1.807, 2.05) is 24.3 Å². The minimum atomic E-state index is -0.263. The lowest BCUT2D eigenvalue weighted by atomic mass is 10.1. The Morgan fingerprint density at radius 2 is 1.94 bits per heavy atom. The number of nitrogens with zero attached hydrogens (tertiary/aromatic N) is 1. The molecule has 1 saturated heterocycles. The van der Waals surface area contributed by atoms with Crippen LogP contribution in [0.5, 0.6) is 5.75 Å². The summed E-state index contributed by atoms with van der Waals surface area (Å²) in [5, 5.41) is 9.37. The molecule has 0 atom stereocenters. The molecule has 0 spiro atoms. The van der Waals surface area contributed by atoms with Gasteiger partial charge in [0.25, 0.3) is 5.91 Å². The number of carbonyl (C=O) groups is 1. The number of rotatable bonds is 3. The van der Waals surface area contributed by atoms with Gasteiger partial charge in [0.15, 0.2) is 6.61 Å². The molecule has 1 aromatic carbocycles. The third kappa shape index (κ3) is 3.71. The van der Waals surface area contributed by atoms with Gasteiger partial charge < -0.3 is 14.7 Å². The van der Waals surface area contributed by atoms with Crippen LogP contribution in [-0.2, 0) is 4.79 Å². The molecule has 1 aromatic rings. The molecule has 1 heterocycles. The van der Waals surface area contributed by atoms with Gasteiger partial charge in [-0.05, 0) is 37.1 Å². The van der Waals surface area contributed by atoms with Crippen molar-refractivity contribution in [2.45, 2.75) is 18.9 Å². The second kappa shape index (κ2) is 6.20. The topological polar surface area (TPSA) is 49.8 Å². The lowest BCUT2D eigenvalue weighted by Gasteiger charge is -2.29. The van der Waals surface area contributed by atoms with Gasteiger partial charge in [0.05, 0.1) is 6.10 Å². The van der Waals surface area contributed by atoms with E-state index in [2.05, 4.69) is 15.9 Å². The molecule has 98 valence electrons. The molecule has 5 heteroatoms. The maximum absolute atomic E-state index is 11.9. The highest BCUT2D eigenvalue weighted by Crippen LogP contribution is 2.16. The van der Waals surface area contributed by atoms with Crippen LogP contribution < -0.4 is 4.74 Å². The van der Waals surface area contributed by atoms with E-state index in [1.54, 1.807) is 4.90 Å². The molecule has 1 amide bonds. The first-order chi connectivity index (χ1) is 8.65. The van der Waals surface area contributed by atoms with Crippen molar-refractivity contribution in [3.05, 3.63) is 28.7 Å². The van der Waals surface area contributed by atoms with E-state index in [1.165, 1.54) is 0 Å². The zero-order valence-electron chi connectivity index (χ0n) is 10.0. The van der Waals surface area contributed by atoms with Crippen molar-refractivity contribution in [2.75, 3.05) is 19.7 Å². The van der Waals surface area contributed by atoms with Crippen LogP contribution in [0.15, 0.2) is 28.7 Å². The molecule has 0 bridgehead atoms. The Labute approximate surface area is 115 Å². The van der Waals surface area contributed by atoms with Gasteiger partial charge >= 0.3 is 0 Å². The molecule has 0 unspecified atom stereocenters. The Morgan fingerprint density at radius 3 is 2.56 bits per heavy atom. The Kier molecular flexibility index (Phi) is 4.60. The van der Waals surface area contributed by atoms with E-state index in [0.29, 0.717) is 31.7 Å². The normalized spacial score (nSPS) is 16.7. The molecule has 2 rings (SSSR count). The SMILES string of the molecule is O=C(COc1ccc(Br)cc1)N1CCC(O)CC1. The zero-order valence-corrected chi connectivity index (χ0v) is 11.6. The van der Waals surface area contributed by atoms with Crippen molar-refractivity contribution >= 4 is 21.8 Å². The van der Waals surface area contributed by atoms with Crippen molar-refractivity contribution in [1.82, 2.24) is 4.90 Å². The van der Waals surface area contributed by atoms with E-state index >= 15 is 0 Å². The van der Waals surface area contributed by atoms with Gasteiger partial charge in [-0.2, -0.15) is 0 Å². The first-order valence-electron chi connectivity index (χ1n) is 5.99. The minimum absolute atomic E-state index is 0.0233. The predicted octanol–water partition coefficient (Wildman–Crippen LogP) is 1.81. The van der Waals surface area contributed by atoms with Gasteiger partial charge in [0, 0.05) is 17.6 Å². The molecule has 0 saturated carbocycles. The lowest BCUT2D eigenvalue weighted by Crippen LogP contribution is -2.42. The fraction of sp³-hybridized carbons (Fsp3) is 0.462. The summed E-state index contributed by atoms with van der Waals surface area (Å²) in [6.45, 7) is 1.28. The van der Waals surface area contributed by atoms with E-state index in [-0.39, 0.29) is 18.6 Å². The number of carbonyl (C=O) groups excluding carboxylic acids is 1. The van der Waals surface area contributed by atoms with Gasteiger partial charge in [0.2, 0.25) is 0 Å². The second-order valence-electron chi connectivity index (χ2n) is 4.35. The van der Waals surface area contributed by atoms with Crippen LogP contribution in [0.3, 0.4) is 0 Å². The lowest BCUT2D eigenvalue weighted by molar-refractivity contribution is -0.135. The standard InChI is InChI=1S/C13H16BrNO3/c14-10-1-3-12(4-2-10)18-9-13(17)15-7-5-11(16)6-8-15/h1-4,11,16H,5-9H2. The second-order valence-corrected chi connectivity index (χ2v) is 5.27. The average Bonchev–Trinajstić information content (AvgIpc) is 2.38. The molecular formula is C13H16BrNO3. The molecule has 1 aliphatic rings. The van der Waals surface area contributed by atoms with E-state index in [0.717, 1.165) is 4.47 Å². The number of benzene rings is 1. The molecule has 0 radical (unpaired) electrons. The number of likely N-dealkylation sites (tertiary alicyclic amines) is 1. The van der Waals surface area contributed by atoms with Crippen molar-refractivity contribution < 1.29 is 14.6 Å². The number of amides is 1. The summed E-state index contributed by atoms with van der Waals surface area (Å²) >= 11 is 3.34. The Morgan fingerprint density at radius 1 is 1.33 bits per heavy atom. The van der Waals surface area contributed by atoms with E-state index in [4.69, 9.17) is 4.74 Å². The summed E-state index contributed by atoms with van der Waals surface area (Å²) in [6.07, 6.45) is 1.05. The summed E-state index contributed by atoms with van der Waals surface area (Å²) in [5.41, 5.74) is 0. The molecule has 1 aliphatic heterocycles. The Bertz CT molecular complexity index is 399. The van der Waals surface area contributed by atoms with E-state index < -0.39 is 0 Å². The van der Waals surface area contributed by atoms with Crippen LogP contribution >= 0.6 is 15.9 Å². The summed E-state index contributed by atoms with van der Waals surface area (Å²) in [7, 11) is 0. The number of piperidine rings is 1. The largest absolute Gasteiger partial charge is 0.484 e. The fourth-order valence-electron chi connectivity index (χ4n) is 1.88.